The van der Waals surface area contributed by atoms with Gasteiger partial charge in [0.1, 0.15) is 22.6 Å². The molecule has 0 bridgehead atoms. The molecule has 1 aliphatic heterocycles. The van der Waals surface area contributed by atoms with Gasteiger partial charge in [-0.15, -0.1) is 0 Å². The summed E-state index contributed by atoms with van der Waals surface area (Å²) >= 11 is 6.48. The fourth-order valence-electron chi connectivity index (χ4n) is 4.39. The minimum atomic E-state index is -0.760. The number of benzene rings is 2. The molecule has 5 rings (SSSR count). The summed E-state index contributed by atoms with van der Waals surface area (Å²) in [7, 11) is 2.77. The fourth-order valence-corrected chi connectivity index (χ4v) is 4.70. The Labute approximate surface area is 229 Å². The van der Waals surface area contributed by atoms with E-state index in [1.165, 1.54) is 38.7 Å². The van der Waals surface area contributed by atoms with Gasteiger partial charge in [-0.1, -0.05) is 17.7 Å². The molecule has 0 atom stereocenters. The molecular formula is C27H26ClFN6O4. The molecule has 1 fully saturated rings. The third-order valence-corrected chi connectivity index (χ3v) is 6.68. The molecule has 12 heteroatoms. The number of carbonyl (C=O) groups excluding carboxylic acids is 1. The van der Waals surface area contributed by atoms with E-state index in [0.29, 0.717) is 11.4 Å². The van der Waals surface area contributed by atoms with E-state index >= 15 is 4.39 Å². The average Bonchev–Trinajstić information content (AvgIpc) is 2.96. The number of carbonyl (C=O) groups is 1. The number of methoxy groups -OCH3 is 2. The van der Waals surface area contributed by atoms with Crippen LogP contribution in [0.2, 0.25) is 5.02 Å². The smallest absolute Gasteiger partial charge is 0.418 e. The predicted octanol–water partition coefficient (Wildman–Crippen LogP) is 4.52. The van der Waals surface area contributed by atoms with E-state index in [1.807, 2.05) is 6.07 Å². The van der Waals surface area contributed by atoms with Gasteiger partial charge in [0.05, 0.1) is 19.2 Å². The standard InChI is InChI=1S/C27H26ClFN6O4/c1-37-19-13-20(38-2)24(29)22(23(19)28)17-4-5-18(26-25(17)31-7-8-32-26)39-27(36)34-21-6-3-16(14-33-21)15-35-11-9-30-10-12-35/h3-8,13-14,30H,9-12,15H2,1-2H3,(H,33,34,36). The molecule has 0 radical (unpaired) electrons. The predicted molar refractivity (Wildman–Crippen MR) is 145 cm³/mol. The van der Waals surface area contributed by atoms with E-state index in [-0.39, 0.29) is 38.9 Å². The van der Waals surface area contributed by atoms with Crippen molar-refractivity contribution in [3.8, 4) is 28.4 Å². The summed E-state index contributed by atoms with van der Waals surface area (Å²) in [5, 5.41) is 5.99. The van der Waals surface area contributed by atoms with Crippen molar-refractivity contribution in [1.82, 2.24) is 25.2 Å². The van der Waals surface area contributed by atoms with Gasteiger partial charge in [0, 0.05) is 68.5 Å². The van der Waals surface area contributed by atoms with Crippen molar-refractivity contribution in [1.29, 1.82) is 0 Å². The fraction of sp³-hybridized carbons (Fsp3) is 0.259. The number of nitrogens with zero attached hydrogens (tertiary/aromatic N) is 4. The number of amides is 1. The average molecular weight is 553 g/mol. The molecule has 1 amide bonds. The zero-order valence-electron chi connectivity index (χ0n) is 21.3. The van der Waals surface area contributed by atoms with E-state index < -0.39 is 11.9 Å². The van der Waals surface area contributed by atoms with Crippen molar-refractivity contribution < 1.29 is 23.4 Å². The van der Waals surface area contributed by atoms with Gasteiger partial charge in [-0.3, -0.25) is 15.2 Å². The molecule has 1 aliphatic rings. The first-order valence-electron chi connectivity index (χ1n) is 12.2. The number of aromatic nitrogens is 3. The molecule has 0 spiro atoms. The number of nitrogens with one attached hydrogen (secondary N) is 2. The van der Waals surface area contributed by atoms with E-state index in [1.54, 1.807) is 18.3 Å². The number of halogens is 2. The lowest BCUT2D eigenvalue weighted by Gasteiger charge is -2.27. The third-order valence-electron chi connectivity index (χ3n) is 6.30. The van der Waals surface area contributed by atoms with Crippen molar-refractivity contribution in [2.45, 2.75) is 6.54 Å². The Kier molecular flexibility index (Phi) is 8.01. The van der Waals surface area contributed by atoms with Crippen molar-refractivity contribution in [2.24, 2.45) is 0 Å². The molecule has 2 aromatic heterocycles. The highest BCUT2D eigenvalue weighted by molar-refractivity contribution is 6.35. The molecule has 3 heterocycles. The van der Waals surface area contributed by atoms with Crippen LogP contribution in [-0.2, 0) is 6.54 Å². The summed E-state index contributed by atoms with van der Waals surface area (Å²) in [4.78, 5) is 28.1. The van der Waals surface area contributed by atoms with Gasteiger partial charge in [-0.25, -0.2) is 19.2 Å². The number of pyridine rings is 1. The number of ether oxygens (including phenoxy) is 3. The molecule has 1 saturated heterocycles. The van der Waals surface area contributed by atoms with E-state index in [9.17, 15) is 4.79 Å². The number of hydrogen-bond acceptors (Lipinski definition) is 9. The lowest BCUT2D eigenvalue weighted by atomic mass is 10.0. The summed E-state index contributed by atoms with van der Waals surface area (Å²) in [6, 6.07) is 8.05. The monoisotopic (exact) mass is 552 g/mol. The maximum absolute atomic E-state index is 15.4. The molecular weight excluding hydrogens is 527 g/mol. The minimum Gasteiger partial charge on any atom is -0.495 e. The first-order chi connectivity index (χ1) is 19.0. The van der Waals surface area contributed by atoms with Crippen molar-refractivity contribution in [3.05, 3.63) is 65.3 Å². The second kappa shape index (κ2) is 11.8. The van der Waals surface area contributed by atoms with Crippen LogP contribution in [0.25, 0.3) is 22.2 Å². The van der Waals surface area contributed by atoms with Gasteiger partial charge in [-0.2, -0.15) is 0 Å². The van der Waals surface area contributed by atoms with E-state index in [2.05, 4.69) is 30.5 Å². The van der Waals surface area contributed by atoms with Gasteiger partial charge in [-0.05, 0) is 23.8 Å². The topological polar surface area (TPSA) is 111 Å². The van der Waals surface area contributed by atoms with Crippen LogP contribution in [0.4, 0.5) is 15.0 Å². The van der Waals surface area contributed by atoms with Crippen molar-refractivity contribution in [2.75, 3.05) is 45.7 Å². The van der Waals surface area contributed by atoms with Crippen LogP contribution in [-0.4, -0.2) is 66.3 Å². The van der Waals surface area contributed by atoms with Crippen LogP contribution in [0.1, 0.15) is 5.56 Å². The number of hydrogen-bond donors (Lipinski definition) is 2. The maximum atomic E-state index is 15.4. The molecule has 10 nitrogen and oxygen atoms in total. The zero-order chi connectivity index (χ0) is 27.4. The quantitative estimate of drug-likeness (QED) is 0.342. The number of anilines is 1. The molecule has 202 valence electrons. The summed E-state index contributed by atoms with van der Waals surface area (Å²) in [6.45, 7) is 4.68. The second-order valence-corrected chi connectivity index (χ2v) is 9.12. The lowest BCUT2D eigenvalue weighted by Crippen LogP contribution is -2.42. The Morgan fingerprint density at radius 2 is 1.77 bits per heavy atom. The highest BCUT2D eigenvalue weighted by atomic mass is 35.5. The summed E-state index contributed by atoms with van der Waals surface area (Å²) in [6.07, 6.45) is 3.86. The first-order valence-corrected chi connectivity index (χ1v) is 12.6. The molecule has 0 saturated carbocycles. The van der Waals surface area contributed by atoms with Gasteiger partial charge < -0.3 is 19.5 Å². The van der Waals surface area contributed by atoms with E-state index in [0.717, 1.165) is 38.3 Å². The van der Waals surface area contributed by atoms with Crippen LogP contribution in [0.15, 0.2) is 48.9 Å². The molecule has 2 aromatic carbocycles. The number of rotatable bonds is 7. The Bertz CT molecular complexity index is 1470. The third kappa shape index (κ3) is 5.70. The van der Waals surface area contributed by atoms with Gasteiger partial charge in [0.2, 0.25) is 0 Å². The summed E-state index contributed by atoms with van der Waals surface area (Å²) in [5.74, 6) is -0.0369. The Morgan fingerprint density at radius 1 is 1.03 bits per heavy atom. The van der Waals surface area contributed by atoms with Crippen molar-refractivity contribution >= 4 is 34.5 Å². The summed E-state index contributed by atoms with van der Waals surface area (Å²) in [5.41, 5.74) is 1.91. The maximum Gasteiger partial charge on any atom is 0.418 e. The van der Waals surface area contributed by atoms with Gasteiger partial charge in [0.25, 0.3) is 0 Å². The highest BCUT2D eigenvalue weighted by Crippen LogP contribution is 2.44. The number of fused-ring (bicyclic) bond motifs is 1. The second-order valence-electron chi connectivity index (χ2n) is 8.74. The Hall–Kier alpha value is -4.06. The Balaban J connectivity index is 1.37. The SMILES string of the molecule is COc1cc(OC)c(Cl)c(-c2ccc(OC(=O)Nc3ccc(CN4CCNCC4)cn3)c3nccnc23)c1F. The van der Waals surface area contributed by atoms with Crippen LogP contribution in [0.5, 0.6) is 17.2 Å². The lowest BCUT2D eigenvalue weighted by molar-refractivity contribution is 0.215. The van der Waals surface area contributed by atoms with Crippen LogP contribution >= 0.6 is 11.6 Å². The van der Waals surface area contributed by atoms with Gasteiger partial charge in [0.15, 0.2) is 17.3 Å². The van der Waals surface area contributed by atoms with Crippen LogP contribution in [0.3, 0.4) is 0 Å². The normalized spacial score (nSPS) is 13.7. The number of piperazine rings is 1. The van der Waals surface area contributed by atoms with Crippen LogP contribution < -0.4 is 24.8 Å². The van der Waals surface area contributed by atoms with Gasteiger partial charge >= 0.3 is 6.09 Å². The molecule has 39 heavy (non-hydrogen) atoms. The minimum absolute atomic E-state index is 0.0273. The zero-order valence-corrected chi connectivity index (χ0v) is 22.1. The summed E-state index contributed by atoms with van der Waals surface area (Å²) < 4.78 is 31.3. The molecule has 4 aromatic rings. The molecule has 0 aliphatic carbocycles. The first kappa shape index (κ1) is 26.5. The van der Waals surface area contributed by atoms with Crippen LogP contribution in [0, 0.1) is 5.82 Å². The van der Waals surface area contributed by atoms with Crippen molar-refractivity contribution in [3.63, 3.8) is 0 Å². The molecule has 2 N–H and O–H groups in total. The Morgan fingerprint density at radius 3 is 2.46 bits per heavy atom. The largest absolute Gasteiger partial charge is 0.495 e. The highest BCUT2D eigenvalue weighted by Gasteiger charge is 2.24. The van der Waals surface area contributed by atoms with E-state index in [4.69, 9.17) is 25.8 Å². The molecule has 0 unspecified atom stereocenters.